The summed E-state index contributed by atoms with van der Waals surface area (Å²) in [6.45, 7) is 0.949. The second kappa shape index (κ2) is 7.34. The van der Waals surface area contributed by atoms with E-state index in [1.165, 1.54) is 12.1 Å². The summed E-state index contributed by atoms with van der Waals surface area (Å²) >= 11 is 0. The topological polar surface area (TPSA) is 75.4 Å². The molecule has 1 aliphatic heterocycles. The van der Waals surface area contributed by atoms with Gasteiger partial charge in [-0.1, -0.05) is 24.3 Å². The second-order valence-electron chi connectivity index (χ2n) is 6.11. The van der Waals surface area contributed by atoms with Crippen LogP contribution in [0.15, 0.2) is 48.5 Å². The largest absolute Gasteiger partial charge is 0.398 e. The average molecular weight is 341 g/mol. The third-order valence-electron chi connectivity index (χ3n) is 4.43. The summed E-state index contributed by atoms with van der Waals surface area (Å²) in [4.78, 5) is 26.3. The van der Waals surface area contributed by atoms with Crippen LogP contribution >= 0.6 is 0 Å². The zero-order chi connectivity index (χ0) is 17.8. The van der Waals surface area contributed by atoms with Crippen LogP contribution in [0.2, 0.25) is 0 Å². The molecule has 1 heterocycles. The summed E-state index contributed by atoms with van der Waals surface area (Å²) in [6, 6.07) is 12.9. The number of nitrogens with zero attached hydrogens (tertiary/aromatic N) is 1. The quantitative estimate of drug-likeness (QED) is 0.842. The first-order chi connectivity index (χ1) is 12.1. The van der Waals surface area contributed by atoms with Crippen LogP contribution in [0.1, 0.15) is 33.6 Å². The number of anilines is 1. The van der Waals surface area contributed by atoms with Gasteiger partial charge in [0, 0.05) is 24.8 Å². The minimum Gasteiger partial charge on any atom is -0.398 e. The standard InChI is InChI=1S/C19H20FN3O2/c20-16-7-3-1-5-14(16)19(25)23-11-9-13(10-12-23)22-18(24)15-6-2-4-8-17(15)21/h1-8,13H,9-12,21H2,(H,22,24). The van der Waals surface area contributed by atoms with Crippen molar-refractivity contribution < 1.29 is 14.0 Å². The molecule has 0 bridgehead atoms. The number of nitrogens with two attached hydrogens (primary N) is 1. The number of piperidine rings is 1. The first kappa shape index (κ1) is 17.0. The SMILES string of the molecule is Nc1ccccc1C(=O)NC1CCN(C(=O)c2ccccc2F)CC1. The molecule has 2 aromatic rings. The van der Waals surface area contributed by atoms with Crippen LogP contribution in [0.3, 0.4) is 0 Å². The van der Waals surface area contributed by atoms with E-state index in [0.717, 1.165) is 0 Å². The lowest BCUT2D eigenvalue weighted by atomic mass is 10.0. The number of amides is 2. The zero-order valence-corrected chi connectivity index (χ0v) is 13.7. The van der Waals surface area contributed by atoms with E-state index < -0.39 is 5.82 Å². The van der Waals surface area contributed by atoms with Gasteiger partial charge in [-0.2, -0.15) is 0 Å². The van der Waals surface area contributed by atoms with Gasteiger partial charge in [0.05, 0.1) is 11.1 Å². The van der Waals surface area contributed by atoms with Gasteiger partial charge in [-0.25, -0.2) is 4.39 Å². The molecule has 5 nitrogen and oxygen atoms in total. The van der Waals surface area contributed by atoms with Gasteiger partial charge in [-0.3, -0.25) is 9.59 Å². The van der Waals surface area contributed by atoms with Crippen molar-refractivity contribution in [3.05, 3.63) is 65.5 Å². The predicted octanol–water partition coefficient (Wildman–Crippen LogP) is 2.44. The number of hydrogen-bond donors (Lipinski definition) is 2. The summed E-state index contributed by atoms with van der Waals surface area (Å²) in [5, 5.41) is 2.96. The number of likely N-dealkylation sites (tertiary alicyclic amines) is 1. The fraction of sp³-hybridized carbons (Fsp3) is 0.263. The molecule has 0 aliphatic carbocycles. The van der Waals surface area contributed by atoms with E-state index in [-0.39, 0.29) is 23.4 Å². The van der Waals surface area contributed by atoms with Crippen LogP contribution in [-0.4, -0.2) is 35.8 Å². The number of hydrogen-bond acceptors (Lipinski definition) is 3. The van der Waals surface area contributed by atoms with Crippen molar-refractivity contribution in [2.75, 3.05) is 18.8 Å². The normalized spacial score (nSPS) is 15.0. The lowest BCUT2D eigenvalue weighted by molar-refractivity contribution is 0.0694. The Bertz CT molecular complexity index is 786. The summed E-state index contributed by atoms with van der Waals surface area (Å²) in [5.74, 6) is -1.03. The molecular formula is C19H20FN3O2. The number of para-hydroxylation sites is 1. The number of benzene rings is 2. The minimum atomic E-state index is -0.512. The highest BCUT2D eigenvalue weighted by Crippen LogP contribution is 2.17. The maximum Gasteiger partial charge on any atom is 0.256 e. The monoisotopic (exact) mass is 341 g/mol. The molecule has 0 radical (unpaired) electrons. The number of carbonyl (C=O) groups is 2. The molecule has 0 unspecified atom stereocenters. The lowest BCUT2D eigenvalue weighted by Crippen LogP contribution is -2.46. The van der Waals surface area contributed by atoms with E-state index in [2.05, 4.69) is 5.32 Å². The van der Waals surface area contributed by atoms with Gasteiger partial charge >= 0.3 is 0 Å². The molecular weight excluding hydrogens is 321 g/mol. The van der Waals surface area contributed by atoms with Gasteiger partial charge in [0.1, 0.15) is 5.82 Å². The van der Waals surface area contributed by atoms with E-state index in [1.807, 2.05) is 0 Å². The first-order valence-electron chi connectivity index (χ1n) is 8.25. The van der Waals surface area contributed by atoms with Crippen LogP contribution < -0.4 is 11.1 Å². The van der Waals surface area contributed by atoms with Gasteiger partial charge in [-0.15, -0.1) is 0 Å². The summed E-state index contributed by atoms with van der Waals surface area (Å²) in [6.07, 6.45) is 1.25. The highest BCUT2D eigenvalue weighted by Gasteiger charge is 2.26. The van der Waals surface area contributed by atoms with Gasteiger partial charge in [-0.05, 0) is 37.1 Å². The van der Waals surface area contributed by atoms with E-state index in [9.17, 15) is 14.0 Å². The summed E-state index contributed by atoms with van der Waals surface area (Å²) in [7, 11) is 0. The first-order valence-corrected chi connectivity index (χ1v) is 8.25. The molecule has 25 heavy (non-hydrogen) atoms. The van der Waals surface area contributed by atoms with Crippen molar-refractivity contribution in [1.82, 2.24) is 10.2 Å². The van der Waals surface area contributed by atoms with Gasteiger partial charge in [0.25, 0.3) is 11.8 Å². The molecule has 130 valence electrons. The summed E-state index contributed by atoms with van der Waals surface area (Å²) < 4.78 is 13.8. The highest BCUT2D eigenvalue weighted by atomic mass is 19.1. The lowest BCUT2D eigenvalue weighted by Gasteiger charge is -2.32. The van der Waals surface area contributed by atoms with E-state index in [1.54, 1.807) is 41.3 Å². The maximum absolute atomic E-state index is 13.8. The van der Waals surface area contributed by atoms with E-state index >= 15 is 0 Å². The Hall–Kier alpha value is -2.89. The van der Waals surface area contributed by atoms with Crippen molar-refractivity contribution in [3.63, 3.8) is 0 Å². The molecule has 6 heteroatoms. The zero-order valence-electron chi connectivity index (χ0n) is 13.7. The molecule has 2 amide bonds. The van der Waals surface area contributed by atoms with E-state index in [4.69, 9.17) is 5.73 Å². The third kappa shape index (κ3) is 3.79. The Morgan fingerprint density at radius 2 is 1.60 bits per heavy atom. The van der Waals surface area contributed by atoms with Crippen molar-refractivity contribution >= 4 is 17.5 Å². The molecule has 0 spiro atoms. The van der Waals surface area contributed by atoms with Crippen LogP contribution in [0.25, 0.3) is 0 Å². The van der Waals surface area contributed by atoms with Crippen LogP contribution in [0.5, 0.6) is 0 Å². The van der Waals surface area contributed by atoms with Crippen molar-refractivity contribution in [1.29, 1.82) is 0 Å². The third-order valence-corrected chi connectivity index (χ3v) is 4.43. The predicted molar refractivity (Wildman–Crippen MR) is 93.6 cm³/mol. The Labute approximate surface area is 145 Å². The van der Waals surface area contributed by atoms with Gasteiger partial charge in [0.15, 0.2) is 0 Å². The molecule has 1 saturated heterocycles. The van der Waals surface area contributed by atoms with Gasteiger partial charge in [0.2, 0.25) is 0 Å². The Morgan fingerprint density at radius 1 is 1.00 bits per heavy atom. The molecule has 0 aromatic heterocycles. The number of carbonyl (C=O) groups excluding carboxylic acids is 2. The van der Waals surface area contributed by atoms with Gasteiger partial charge < -0.3 is 16.0 Å². The maximum atomic E-state index is 13.8. The number of halogens is 1. The molecule has 1 aliphatic rings. The average Bonchev–Trinajstić information content (AvgIpc) is 2.62. The Balaban J connectivity index is 1.57. The van der Waals surface area contributed by atoms with Crippen molar-refractivity contribution in [3.8, 4) is 0 Å². The number of nitrogens with one attached hydrogen (secondary N) is 1. The molecule has 3 N–H and O–H groups in total. The fourth-order valence-electron chi connectivity index (χ4n) is 3.00. The second-order valence-corrected chi connectivity index (χ2v) is 6.11. The van der Waals surface area contributed by atoms with E-state index in [0.29, 0.717) is 37.2 Å². The van der Waals surface area contributed by atoms with Crippen LogP contribution in [0.4, 0.5) is 10.1 Å². The van der Waals surface area contributed by atoms with Crippen molar-refractivity contribution in [2.24, 2.45) is 0 Å². The highest BCUT2D eigenvalue weighted by molar-refractivity contribution is 5.99. The van der Waals surface area contributed by atoms with Crippen molar-refractivity contribution in [2.45, 2.75) is 18.9 Å². The number of nitrogen functional groups attached to an aromatic ring is 1. The Morgan fingerprint density at radius 3 is 2.24 bits per heavy atom. The van der Waals surface area contributed by atoms with Crippen LogP contribution in [-0.2, 0) is 0 Å². The molecule has 1 fully saturated rings. The minimum absolute atomic E-state index is 0.0308. The smallest absolute Gasteiger partial charge is 0.256 e. The van der Waals surface area contributed by atoms with Crippen LogP contribution in [0, 0.1) is 5.82 Å². The molecule has 0 saturated carbocycles. The Kier molecular flexibility index (Phi) is 4.97. The molecule has 2 aromatic carbocycles. The number of rotatable bonds is 3. The molecule has 3 rings (SSSR count). The molecule has 0 atom stereocenters. The summed E-state index contributed by atoms with van der Waals surface area (Å²) in [5.41, 5.74) is 6.79. The fourth-order valence-corrected chi connectivity index (χ4v) is 3.00.